The van der Waals surface area contributed by atoms with E-state index < -0.39 is 11.8 Å². The number of carboxylic acid groups (broad SMARTS) is 1. The van der Waals surface area contributed by atoms with E-state index in [2.05, 4.69) is 0 Å². The van der Waals surface area contributed by atoms with E-state index >= 15 is 0 Å². The number of carboxylic acids is 1. The molecule has 0 saturated heterocycles. The maximum atomic E-state index is 10.7. The highest BCUT2D eigenvalue weighted by Crippen LogP contribution is 2.31. The Kier molecular flexibility index (Phi) is 1.93. The van der Waals surface area contributed by atoms with Crippen molar-refractivity contribution >= 4 is 5.97 Å². The van der Waals surface area contributed by atoms with Crippen molar-refractivity contribution < 1.29 is 19.7 Å². The van der Waals surface area contributed by atoms with E-state index in [-0.39, 0.29) is 6.42 Å². The van der Waals surface area contributed by atoms with Crippen molar-refractivity contribution in [3.8, 4) is 5.75 Å². The van der Waals surface area contributed by atoms with Crippen LogP contribution in [0.25, 0.3) is 0 Å². The molecule has 4 nitrogen and oxygen atoms in total. The molecule has 1 aliphatic rings. The zero-order valence-electron chi connectivity index (χ0n) is 7.43. The normalized spacial score (nSPS) is 24.9. The molecule has 1 aromatic carbocycles. The maximum Gasteiger partial charge on any atom is 0.377 e. The number of hydrogen-bond donors (Lipinski definition) is 2. The van der Waals surface area contributed by atoms with Gasteiger partial charge in [-0.25, -0.2) is 4.79 Å². The van der Waals surface area contributed by atoms with Gasteiger partial charge in [-0.15, -0.1) is 0 Å². The fraction of sp³-hybridized carbons (Fsp3) is 0.300. The van der Waals surface area contributed by atoms with Gasteiger partial charge in [-0.05, 0) is 18.1 Å². The van der Waals surface area contributed by atoms with Gasteiger partial charge in [0, 0.05) is 6.42 Å². The van der Waals surface area contributed by atoms with E-state index in [1.165, 1.54) is 0 Å². The number of benzene rings is 1. The molecule has 1 unspecified atom stereocenters. The first kappa shape index (κ1) is 9.02. The fourth-order valence-electron chi connectivity index (χ4n) is 1.50. The van der Waals surface area contributed by atoms with E-state index in [0.29, 0.717) is 12.2 Å². The number of para-hydroxylation sites is 1. The summed E-state index contributed by atoms with van der Waals surface area (Å²) >= 11 is 0. The molecule has 0 spiro atoms. The first-order chi connectivity index (χ1) is 6.62. The molecular weight excluding hydrogens is 184 g/mol. The highest BCUT2D eigenvalue weighted by molar-refractivity contribution is 5.76. The van der Waals surface area contributed by atoms with Crippen LogP contribution < -0.4 is 4.74 Å². The van der Waals surface area contributed by atoms with Crippen molar-refractivity contribution in [2.45, 2.75) is 18.6 Å². The van der Waals surface area contributed by atoms with Gasteiger partial charge in [-0.1, -0.05) is 18.2 Å². The van der Waals surface area contributed by atoms with Crippen LogP contribution >= 0.6 is 0 Å². The minimum absolute atomic E-state index is 0.0827. The second-order valence-electron chi connectivity index (χ2n) is 3.30. The number of hydrogen-bond acceptors (Lipinski definition) is 3. The van der Waals surface area contributed by atoms with Gasteiger partial charge in [-0.2, -0.15) is 0 Å². The predicted octanol–water partition coefficient (Wildman–Crippen LogP) is 0.785. The van der Waals surface area contributed by atoms with E-state index in [1.807, 2.05) is 12.1 Å². The first-order valence-corrected chi connectivity index (χ1v) is 4.34. The molecule has 0 amide bonds. The van der Waals surface area contributed by atoms with Crippen LogP contribution in [-0.4, -0.2) is 22.0 Å². The van der Waals surface area contributed by atoms with Gasteiger partial charge >= 0.3 is 11.8 Å². The van der Waals surface area contributed by atoms with Crippen LogP contribution in [0.4, 0.5) is 0 Å². The Morgan fingerprint density at radius 1 is 1.43 bits per heavy atom. The summed E-state index contributed by atoms with van der Waals surface area (Å²) in [4.78, 5) is 10.7. The van der Waals surface area contributed by atoms with E-state index in [0.717, 1.165) is 5.56 Å². The number of ether oxygens (including phenoxy) is 1. The lowest BCUT2D eigenvalue weighted by atomic mass is 10.00. The van der Waals surface area contributed by atoms with Gasteiger partial charge in [0.2, 0.25) is 0 Å². The lowest BCUT2D eigenvalue weighted by Crippen LogP contribution is -2.46. The van der Waals surface area contributed by atoms with Crippen LogP contribution in [0.5, 0.6) is 5.75 Å². The first-order valence-electron chi connectivity index (χ1n) is 4.34. The summed E-state index contributed by atoms with van der Waals surface area (Å²) in [6.07, 6.45) is 0.596. The molecule has 1 aliphatic heterocycles. The zero-order valence-corrected chi connectivity index (χ0v) is 7.43. The molecule has 2 rings (SSSR count). The van der Waals surface area contributed by atoms with Gasteiger partial charge in [0.25, 0.3) is 0 Å². The number of aliphatic carboxylic acids is 1. The minimum Gasteiger partial charge on any atom is -0.476 e. The maximum absolute atomic E-state index is 10.7. The van der Waals surface area contributed by atoms with Crippen LogP contribution in [-0.2, 0) is 11.2 Å². The number of fused-ring (bicyclic) bond motifs is 1. The highest BCUT2D eigenvalue weighted by Gasteiger charge is 2.41. The van der Waals surface area contributed by atoms with Crippen LogP contribution in [0.3, 0.4) is 0 Å². The van der Waals surface area contributed by atoms with Crippen molar-refractivity contribution in [1.82, 2.24) is 0 Å². The second-order valence-corrected chi connectivity index (χ2v) is 3.30. The lowest BCUT2D eigenvalue weighted by Gasteiger charge is -2.30. The van der Waals surface area contributed by atoms with Gasteiger partial charge < -0.3 is 14.9 Å². The molecule has 4 heteroatoms. The molecule has 14 heavy (non-hydrogen) atoms. The quantitative estimate of drug-likeness (QED) is 0.693. The number of carbonyl (C=O) groups is 1. The van der Waals surface area contributed by atoms with Crippen LogP contribution in [0.15, 0.2) is 24.3 Å². The topological polar surface area (TPSA) is 66.8 Å². The highest BCUT2D eigenvalue weighted by atomic mass is 16.6. The van der Waals surface area contributed by atoms with Crippen LogP contribution in [0, 0.1) is 0 Å². The van der Waals surface area contributed by atoms with Crippen molar-refractivity contribution in [2.75, 3.05) is 0 Å². The fourth-order valence-corrected chi connectivity index (χ4v) is 1.50. The van der Waals surface area contributed by atoms with Crippen LogP contribution in [0.1, 0.15) is 12.0 Å². The number of rotatable bonds is 1. The Balaban J connectivity index is 2.34. The molecule has 74 valence electrons. The van der Waals surface area contributed by atoms with E-state index in [1.54, 1.807) is 12.1 Å². The molecule has 0 fully saturated rings. The zero-order chi connectivity index (χ0) is 10.2. The Bertz CT molecular complexity index is 374. The Labute approximate surface area is 80.7 Å². The van der Waals surface area contributed by atoms with Crippen molar-refractivity contribution in [2.24, 2.45) is 0 Å². The third kappa shape index (κ3) is 1.33. The van der Waals surface area contributed by atoms with E-state index in [9.17, 15) is 9.90 Å². The number of aryl methyl sites for hydroxylation is 1. The number of aliphatic hydroxyl groups is 1. The summed E-state index contributed by atoms with van der Waals surface area (Å²) in [7, 11) is 0. The summed E-state index contributed by atoms with van der Waals surface area (Å²) in [5.41, 5.74) is 0.929. The average Bonchev–Trinajstić information content (AvgIpc) is 2.17. The van der Waals surface area contributed by atoms with E-state index in [4.69, 9.17) is 9.84 Å². The summed E-state index contributed by atoms with van der Waals surface area (Å²) in [6, 6.07) is 7.11. The molecule has 0 bridgehead atoms. The molecule has 2 N–H and O–H groups in total. The van der Waals surface area contributed by atoms with Crippen molar-refractivity contribution in [3.63, 3.8) is 0 Å². The van der Waals surface area contributed by atoms with Gasteiger partial charge in [0.15, 0.2) is 0 Å². The monoisotopic (exact) mass is 194 g/mol. The van der Waals surface area contributed by atoms with Crippen molar-refractivity contribution in [3.05, 3.63) is 29.8 Å². The third-order valence-corrected chi connectivity index (χ3v) is 2.32. The summed E-state index contributed by atoms with van der Waals surface area (Å²) in [6.45, 7) is 0. The van der Waals surface area contributed by atoms with Gasteiger partial charge in [0.05, 0.1) is 0 Å². The molecule has 1 atom stereocenters. The predicted molar refractivity (Wildman–Crippen MR) is 48.0 cm³/mol. The molecule has 0 aliphatic carbocycles. The average molecular weight is 194 g/mol. The Morgan fingerprint density at radius 2 is 2.14 bits per heavy atom. The molecular formula is C10H10O4. The second kappa shape index (κ2) is 2.99. The smallest absolute Gasteiger partial charge is 0.377 e. The molecule has 1 aromatic rings. The molecule has 0 saturated carbocycles. The third-order valence-electron chi connectivity index (χ3n) is 2.32. The van der Waals surface area contributed by atoms with Gasteiger partial charge in [0.1, 0.15) is 5.75 Å². The molecule has 0 radical (unpaired) electrons. The minimum atomic E-state index is -2.06. The van der Waals surface area contributed by atoms with Gasteiger partial charge in [-0.3, -0.25) is 0 Å². The Morgan fingerprint density at radius 3 is 2.86 bits per heavy atom. The molecule has 0 aromatic heterocycles. The Hall–Kier alpha value is -1.55. The lowest BCUT2D eigenvalue weighted by molar-refractivity contribution is -0.198. The van der Waals surface area contributed by atoms with Crippen molar-refractivity contribution in [1.29, 1.82) is 0 Å². The SMILES string of the molecule is O=C(O)C1(O)CCc2ccccc2O1. The van der Waals surface area contributed by atoms with Crippen LogP contribution in [0.2, 0.25) is 0 Å². The summed E-state index contributed by atoms with van der Waals surface area (Å²) < 4.78 is 5.04. The summed E-state index contributed by atoms with van der Waals surface area (Å²) in [5.74, 6) is -2.95. The largest absolute Gasteiger partial charge is 0.476 e. The summed E-state index contributed by atoms with van der Waals surface area (Å²) in [5, 5.41) is 18.3. The standard InChI is InChI=1S/C10H10O4/c11-9(12)10(13)6-5-7-3-1-2-4-8(7)14-10/h1-4,13H,5-6H2,(H,11,12). The molecule has 1 heterocycles.